The lowest BCUT2D eigenvalue weighted by Gasteiger charge is -2.04. The summed E-state index contributed by atoms with van der Waals surface area (Å²) < 4.78 is 13.4. The minimum Gasteiger partial charge on any atom is -0.302 e. The Balaban J connectivity index is 2.16. The summed E-state index contributed by atoms with van der Waals surface area (Å²) in [5.74, 6) is -0.342. The molecule has 0 bridgehead atoms. The van der Waals surface area contributed by atoms with E-state index in [9.17, 15) is 14.0 Å². The van der Waals surface area contributed by atoms with E-state index in [1.165, 1.54) is 18.2 Å². The second-order valence-electron chi connectivity index (χ2n) is 3.85. The number of H-pyrrole nitrogens is 2. The topological polar surface area (TPSA) is 65.7 Å². The molecule has 4 nitrogen and oxygen atoms in total. The van der Waals surface area contributed by atoms with Gasteiger partial charge in [-0.05, 0) is 36.6 Å². The average molecular weight is 269 g/mol. The van der Waals surface area contributed by atoms with E-state index in [2.05, 4.69) is 10.2 Å². The fraction of sp³-hybridized carbons (Fsp3) is 0.167. The maximum atomic E-state index is 13.4. The van der Waals surface area contributed by atoms with Gasteiger partial charge in [0.15, 0.2) is 0 Å². The Morgan fingerprint density at radius 1 is 1.11 bits per heavy atom. The molecule has 0 unspecified atom stereocenters. The van der Waals surface area contributed by atoms with Crippen LogP contribution in [0.3, 0.4) is 0 Å². The average Bonchev–Trinajstić information content (AvgIpc) is 2.34. The summed E-state index contributed by atoms with van der Waals surface area (Å²) in [6, 6.07) is 5.53. The summed E-state index contributed by atoms with van der Waals surface area (Å²) in [5.41, 5.74) is -0.309. The first kappa shape index (κ1) is 12.6. The van der Waals surface area contributed by atoms with Crippen LogP contribution in [0.5, 0.6) is 0 Å². The van der Waals surface area contributed by atoms with Gasteiger partial charge >= 0.3 is 5.56 Å². The molecule has 0 atom stereocenters. The van der Waals surface area contributed by atoms with Gasteiger partial charge in [0.05, 0.1) is 0 Å². The number of nitrogens with one attached hydrogen (secondary N) is 2. The third-order valence-corrected chi connectivity index (χ3v) is 2.77. The highest BCUT2D eigenvalue weighted by molar-refractivity contribution is 6.30. The second-order valence-corrected chi connectivity index (χ2v) is 4.29. The maximum Gasteiger partial charge on any atom is 0.310 e. The molecule has 0 radical (unpaired) electrons. The number of aryl methyl sites for hydroxylation is 2. The number of hydrogen-bond donors (Lipinski definition) is 2. The Morgan fingerprint density at radius 2 is 1.89 bits per heavy atom. The van der Waals surface area contributed by atoms with Crippen LogP contribution < -0.4 is 11.0 Å². The van der Waals surface area contributed by atoms with Crippen molar-refractivity contribution < 1.29 is 4.39 Å². The normalized spacial score (nSPS) is 10.6. The Bertz CT molecular complexity index is 678. The highest BCUT2D eigenvalue weighted by Gasteiger charge is 2.04. The molecule has 0 aliphatic rings. The van der Waals surface area contributed by atoms with Gasteiger partial charge in [-0.3, -0.25) is 14.7 Å². The molecule has 1 aromatic heterocycles. The van der Waals surface area contributed by atoms with Gasteiger partial charge < -0.3 is 5.10 Å². The van der Waals surface area contributed by atoms with Gasteiger partial charge in [0.2, 0.25) is 5.43 Å². The number of halogens is 2. The van der Waals surface area contributed by atoms with Crippen LogP contribution in [0.4, 0.5) is 4.39 Å². The lowest BCUT2D eigenvalue weighted by atomic mass is 10.1. The fourth-order valence-corrected chi connectivity index (χ4v) is 1.79. The lowest BCUT2D eigenvalue weighted by molar-refractivity contribution is 0.607. The van der Waals surface area contributed by atoms with E-state index in [0.717, 1.165) is 0 Å². The van der Waals surface area contributed by atoms with Crippen molar-refractivity contribution in [3.05, 3.63) is 66.9 Å². The number of rotatable bonds is 3. The maximum absolute atomic E-state index is 13.4. The summed E-state index contributed by atoms with van der Waals surface area (Å²) in [4.78, 5) is 22.0. The molecule has 0 saturated heterocycles. The molecule has 0 saturated carbocycles. The fourth-order valence-electron chi connectivity index (χ4n) is 1.60. The molecule has 2 N–H and O–H groups in total. The van der Waals surface area contributed by atoms with Crippen molar-refractivity contribution in [2.24, 2.45) is 0 Å². The van der Waals surface area contributed by atoms with Crippen molar-refractivity contribution in [2.45, 2.75) is 12.8 Å². The quantitative estimate of drug-likeness (QED) is 0.831. The highest BCUT2D eigenvalue weighted by atomic mass is 35.5. The third-order valence-electron chi connectivity index (χ3n) is 2.54. The minimum absolute atomic E-state index is 0.342. The predicted molar refractivity (Wildman–Crippen MR) is 66.5 cm³/mol. The van der Waals surface area contributed by atoms with Gasteiger partial charge in [0.1, 0.15) is 5.82 Å². The Labute approximate surface area is 106 Å². The van der Waals surface area contributed by atoms with Crippen molar-refractivity contribution in [1.82, 2.24) is 10.2 Å². The van der Waals surface area contributed by atoms with E-state index in [4.69, 9.17) is 11.6 Å². The number of benzene rings is 1. The van der Waals surface area contributed by atoms with E-state index < -0.39 is 11.0 Å². The first-order valence-corrected chi connectivity index (χ1v) is 5.69. The molecule has 0 aliphatic carbocycles. The molecule has 0 spiro atoms. The van der Waals surface area contributed by atoms with Crippen LogP contribution in [0.15, 0.2) is 33.9 Å². The lowest BCUT2D eigenvalue weighted by Crippen LogP contribution is -2.27. The third kappa shape index (κ3) is 2.87. The molecule has 94 valence electrons. The molecule has 2 aromatic rings. The Kier molecular flexibility index (Phi) is 3.62. The monoisotopic (exact) mass is 268 g/mol. The molecule has 2 rings (SSSR count). The van der Waals surface area contributed by atoms with E-state index in [-0.39, 0.29) is 5.82 Å². The highest BCUT2D eigenvalue weighted by Crippen LogP contribution is 2.16. The van der Waals surface area contributed by atoms with Crippen LogP contribution in [0.25, 0.3) is 0 Å². The standard InChI is InChI=1S/C12H10ClFN2O2/c13-8-2-4-10(14)7(5-8)1-3-9-6-11(17)12(18)16-15-9/h2,4-6H,1,3H2,(H,15,17)(H,16,18). The molecule has 0 amide bonds. The van der Waals surface area contributed by atoms with E-state index in [0.29, 0.717) is 29.1 Å². The van der Waals surface area contributed by atoms with Gasteiger partial charge in [-0.25, -0.2) is 4.39 Å². The van der Waals surface area contributed by atoms with Crippen LogP contribution >= 0.6 is 11.6 Å². The minimum atomic E-state index is -0.701. The van der Waals surface area contributed by atoms with Crippen LogP contribution in [0.2, 0.25) is 5.02 Å². The molecule has 1 aromatic carbocycles. The summed E-state index contributed by atoms with van der Waals surface area (Å²) in [5, 5.41) is 5.27. The van der Waals surface area contributed by atoms with Crippen molar-refractivity contribution in [3.8, 4) is 0 Å². The predicted octanol–water partition coefficient (Wildman–Crippen LogP) is 1.64. The first-order chi connectivity index (χ1) is 8.56. The van der Waals surface area contributed by atoms with Gasteiger partial charge in [0.25, 0.3) is 0 Å². The first-order valence-electron chi connectivity index (χ1n) is 5.31. The summed E-state index contributed by atoms with van der Waals surface area (Å²) in [6.45, 7) is 0. The van der Waals surface area contributed by atoms with Gasteiger partial charge in [-0.15, -0.1) is 0 Å². The second kappa shape index (κ2) is 5.18. The molecular weight excluding hydrogens is 259 g/mol. The van der Waals surface area contributed by atoms with Gasteiger partial charge in [-0.1, -0.05) is 11.6 Å². The molecule has 0 fully saturated rings. The number of aromatic amines is 2. The van der Waals surface area contributed by atoms with Crippen LogP contribution in [-0.4, -0.2) is 10.2 Å². The molecular formula is C12H10ClFN2O2. The van der Waals surface area contributed by atoms with Crippen molar-refractivity contribution in [1.29, 1.82) is 0 Å². The van der Waals surface area contributed by atoms with Crippen LogP contribution in [-0.2, 0) is 12.8 Å². The van der Waals surface area contributed by atoms with Gasteiger partial charge in [0, 0.05) is 16.8 Å². The van der Waals surface area contributed by atoms with Crippen molar-refractivity contribution in [2.75, 3.05) is 0 Å². The van der Waals surface area contributed by atoms with E-state index >= 15 is 0 Å². The molecule has 18 heavy (non-hydrogen) atoms. The molecule has 0 aliphatic heterocycles. The Morgan fingerprint density at radius 3 is 2.61 bits per heavy atom. The van der Waals surface area contributed by atoms with Crippen LogP contribution in [0, 0.1) is 5.82 Å². The zero-order valence-electron chi connectivity index (χ0n) is 9.30. The number of hydrogen-bond acceptors (Lipinski definition) is 2. The van der Waals surface area contributed by atoms with Crippen molar-refractivity contribution >= 4 is 11.6 Å². The summed E-state index contributed by atoms with van der Waals surface area (Å²) >= 11 is 5.77. The zero-order chi connectivity index (χ0) is 13.1. The van der Waals surface area contributed by atoms with Gasteiger partial charge in [-0.2, -0.15) is 0 Å². The zero-order valence-corrected chi connectivity index (χ0v) is 10.1. The van der Waals surface area contributed by atoms with E-state index in [1.807, 2.05) is 0 Å². The SMILES string of the molecule is O=c1cc(CCc2cc(Cl)ccc2F)[nH][nH]c1=O. The summed E-state index contributed by atoms with van der Waals surface area (Å²) in [7, 11) is 0. The van der Waals surface area contributed by atoms with Crippen molar-refractivity contribution in [3.63, 3.8) is 0 Å². The Hall–Kier alpha value is -1.88. The number of aromatic nitrogens is 2. The van der Waals surface area contributed by atoms with Crippen LogP contribution in [0.1, 0.15) is 11.3 Å². The largest absolute Gasteiger partial charge is 0.310 e. The molecule has 6 heteroatoms. The molecule has 1 heterocycles. The smallest absolute Gasteiger partial charge is 0.302 e. The van der Waals surface area contributed by atoms with E-state index in [1.54, 1.807) is 6.07 Å². The summed E-state index contributed by atoms with van der Waals surface area (Å²) in [6.07, 6.45) is 0.789.